The zero-order valence-electron chi connectivity index (χ0n) is 8.59. The quantitative estimate of drug-likeness (QED) is 0.754. The van der Waals surface area contributed by atoms with Gasteiger partial charge in [0.15, 0.2) is 0 Å². The van der Waals surface area contributed by atoms with Crippen LogP contribution in [0.4, 0.5) is 5.95 Å². The van der Waals surface area contributed by atoms with E-state index in [1.807, 2.05) is 18.2 Å². The molecule has 0 spiro atoms. The fourth-order valence-electron chi connectivity index (χ4n) is 1.41. The fourth-order valence-corrected chi connectivity index (χ4v) is 1.41. The first-order valence-electron chi connectivity index (χ1n) is 4.91. The van der Waals surface area contributed by atoms with Gasteiger partial charge < -0.3 is 5.73 Å². The number of rotatable bonds is 1. The van der Waals surface area contributed by atoms with Crippen molar-refractivity contribution >= 4 is 11.5 Å². The Bertz CT molecular complexity index is 444. The van der Waals surface area contributed by atoms with Gasteiger partial charge in [-0.25, -0.2) is 9.97 Å². The van der Waals surface area contributed by atoms with Gasteiger partial charge in [-0.2, -0.15) is 0 Å². The Hall–Kier alpha value is -1.90. The van der Waals surface area contributed by atoms with Crippen molar-refractivity contribution < 1.29 is 0 Å². The second-order valence-corrected chi connectivity index (χ2v) is 3.53. The summed E-state index contributed by atoms with van der Waals surface area (Å²) in [5.41, 5.74) is 7.46. The Morgan fingerprint density at radius 1 is 1.33 bits per heavy atom. The number of allylic oxidation sites excluding steroid dienone is 6. The van der Waals surface area contributed by atoms with Gasteiger partial charge in [0.25, 0.3) is 0 Å². The third-order valence-corrected chi connectivity index (χ3v) is 2.24. The summed E-state index contributed by atoms with van der Waals surface area (Å²) in [4.78, 5) is 8.05. The van der Waals surface area contributed by atoms with Crippen molar-refractivity contribution in [3.8, 4) is 0 Å². The van der Waals surface area contributed by atoms with Gasteiger partial charge in [-0.05, 0) is 17.6 Å². The number of anilines is 1. The van der Waals surface area contributed by atoms with E-state index in [1.165, 1.54) is 0 Å². The van der Waals surface area contributed by atoms with E-state index in [0.717, 1.165) is 11.3 Å². The third-order valence-electron chi connectivity index (χ3n) is 2.24. The van der Waals surface area contributed by atoms with E-state index in [2.05, 4.69) is 35.1 Å². The Balaban J connectivity index is 2.36. The molecule has 1 aliphatic rings. The van der Waals surface area contributed by atoms with E-state index in [4.69, 9.17) is 5.73 Å². The molecule has 2 rings (SSSR count). The molecule has 0 aromatic carbocycles. The van der Waals surface area contributed by atoms with Gasteiger partial charge in [0.2, 0.25) is 5.95 Å². The molecule has 0 fully saturated rings. The highest BCUT2D eigenvalue weighted by molar-refractivity contribution is 5.73. The number of nitrogens with zero attached hydrogens (tertiary/aromatic N) is 2. The zero-order valence-corrected chi connectivity index (χ0v) is 8.59. The Morgan fingerprint density at radius 2 is 2.20 bits per heavy atom. The molecule has 1 aromatic rings. The van der Waals surface area contributed by atoms with Crippen molar-refractivity contribution in [2.75, 3.05) is 5.73 Å². The molecule has 3 heteroatoms. The van der Waals surface area contributed by atoms with Gasteiger partial charge in [0.1, 0.15) is 0 Å². The molecule has 1 aliphatic carbocycles. The van der Waals surface area contributed by atoms with Crippen LogP contribution in [-0.2, 0) is 0 Å². The van der Waals surface area contributed by atoms with Crippen molar-refractivity contribution in [2.45, 2.75) is 6.92 Å². The normalized spacial score (nSPS) is 19.8. The third kappa shape index (κ3) is 2.31. The van der Waals surface area contributed by atoms with Crippen LogP contribution in [0.15, 0.2) is 42.6 Å². The summed E-state index contributed by atoms with van der Waals surface area (Å²) in [6.07, 6.45) is 12.1. The molecule has 76 valence electrons. The molecular weight excluding hydrogens is 186 g/mol. The van der Waals surface area contributed by atoms with Crippen LogP contribution in [0.3, 0.4) is 0 Å². The maximum absolute atomic E-state index is 5.54. The zero-order chi connectivity index (χ0) is 10.7. The highest BCUT2D eigenvalue weighted by atomic mass is 15.0. The molecule has 1 atom stereocenters. The van der Waals surface area contributed by atoms with Crippen LogP contribution < -0.4 is 5.73 Å². The molecule has 0 saturated carbocycles. The van der Waals surface area contributed by atoms with Crippen molar-refractivity contribution in [1.82, 2.24) is 9.97 Å². The van der Waals surface area contributed by atoms with E-state index >= 15 is 0 Å². The highest BCUT2D eigenvalue weighted by Crippen LogP contribution is 2.18. The van der Waals surface area contributed by atoms with Gasteiger partial charge in [0, 0.05) is 6.20 Å². The van der Waals surface area contributed by atoms with Crippen LogP contribution in [0.5, 0.6) is 0 Å². The first-order chi connectivity index (χ1) is 7.25. The lowest BCUT2D eigenvalue weighted by Crippen LogP contribution is -1.96. The lowest BCUT2D eigenvalue weighted by molar-refractivity contribution is 0.943. The lowest BCUT2D eigenvalue weighted by atomic mass is 10.1. The van der Waals surface area contributed by atoms with E-state index in [1.54, 1.807) is 6.20 Å². The Labute approximate surface area is 89.1 Å². The van der Waals surface area contributed by atoms with Crippen molar-refractivity contribution in [3.05, 3.63) is 48.3 Å². The summed E-state index contributed by atoms with van der Waals surface area (Å²) in [7, 11) is 0. The molecule has 3 nitrogen and oxygen atoms in total. The number of nitrogen functional groups attached to an aromatic ring is 1. The number of nitrogens with two attached hydrogens (primary N) is 1. The van der Waals surface area contributed by atoms with Crippen molar-refractivity contribution in [2.24, 2.45) is 5.92 Å². The lowest BCUT2D eigenvalue weighted by Gasteiger charge is -2.00. The fraction of sp³-hybridized carbons (Fsp3) is 0.167. The Morgan fingerprint density at radius 3 is 3.00 bits per heavy atom. The SMILES string of the molecule is CC1C=CC=C(c2ccnc(N)n2)C=C1. The maximum atomic E-state index is 5.54. The molecule has 0 amide bonds. The second-order valence-electron chi connectivity index (χ2n) is 3.53. The second kappa shape index (κ2) is 4.09. The molecule has 15 heavy (non-hydrogen) atoms. The van der Waals surface area contributed by atoms with Crippen molar-refractivity contribution in [3.63, 3.8) is 0 Å². The monoisotopic (exact) mass is 199 g/mol. The average Bonchev–Trinajstić information content (AvgIpc) is 2.43. The number of hydrogen-bond acceptors (Lipinski definition) is 3. The van der Waals surface area contributed by atoms with E-state index < -0.39 is 0 Å². The molecule has 0 aliphatic heterocycles. The first-order valence-corrected chi connectivity index (χ1v) is 4.91. The minimum absolute atomic E-state index is 0.308. The van der Waals surface area contributed by atoms with Crippen molar-refractivity contribution in [1.29, 1.82) is 0 Å². The number of hydrogen-bond donors (Lipinski definition) is 1. The van der Waals surface area contributed by atoms with Gasteiger partial charge in [-0.15, -0.1) is 0 Å². The van der Waals surface area contributed by atoms with Gasteiger partial charge >= 0.3 is 0 Å². The smallest absolute Gasteiger partial charge is 0.220 e. The summed E-state index contributed by atoms with van der Waals surface area (Å²) in [6.45, 7) is 2.14. The maximum Gasteiger partial charge on any atom is 0.220 e. The highest BCUT2D eigenvalue weighted by Gasteiger charge is 2.02. The van der Waals surface area contributed by atoms with Gasteiger partial charge in [-0.3, -0.25) is 0 Å². The summed E-state index contributed by atoms with van der Waals surface area (Å²) < 4.78 is 0. The molecule has 2 N–H and O–H groups in total. The summed E-state index contributed by atoms with van der Waals surface area (Å²) in [6, 6.07) is 1.86. The predicted octanol–water partition coefficient (Wildman–Crippen LogP) is 2.20. The summed E-state index contributed by atoms with van der Waals surface area (Å²) in [5, 5.41) is 0. The van der Waals surface area contributed by atoms with Gasteiger partial charge in [-0.1, -0.05) is 37.3 Å². The van der Waals surface area contributed by atoms with E-state index in [9.17, 15) is 0 Å². The molecule has 0 radical (unpaired) electrons. The predicted molar refractivity (Wildman–Crippen MR) is 61.9 cm³/mol. The molecule has 0 bridgehead atoms. The van der Waals surface area contributed by atoms with Crippen LogP contribution in [0.1, 0.15) is 12.6 Å². The topological polar surface area (TPSA) is 51.8 Å². The average molecular weight is 199 g/mol. The molecule has 0 saturated heterocycles. The van der Waals surface area contributed by atoms with Crippen LogP contribution in [-0.4, -0.2) is 9.97 Å². The van der Waals surface area contributed by atoms with Crippen LogP contribution >= 0.6 is 0 Å². The van der Waals surface area contributed by atoms with Gasteiger partial charge in [0.05, 0.1) is 5.69 Å². The number of aromatic nitrogens is 2. The molecule has 1 aromatic heterocycles. The van der Waals surface area contributed by atoms with E-state index in [-0.39, 0.29) is 0 Å². The van der Waals surface area contributed by atoms with E-state index in [0.29, 0.717) is 11.9 Å². The molecule has 1 heterocycles. The minimum Gasteiger partial charge on any atom is -0.368 e. The first kappa shape index (κ1) is 9.65. The molecular formula is C12H13N3. The largest absolute Gasteiger partial charge is 0.368 e. The standard InChI is InChI=1S/C12H13N3/c1-9-3-2-4-10(6-5-9)11-7-8-14-12(13)15-11/h2-9H,1H3,(H2,13,14,15). The van der Waals surface area contributed by atoms with Crippen LogP contribution in [0.2, 0.25) is 0 Å². The van der Waals surface area contributed by atoms with Crippen LogP contribution in [0.25, 0.3) is 5.57 Å². The summed E-state index contributed by atoms with van der Waals surface area (Å²) >= 11 is 0. The molecule has 1 unspecified atom stereocenters. The summed E-state index contributed by atoms with van der Waals surface area (Å²) in [5.74, 6) is 0.765. The minimum atomic E-state index is 0.308. The van der Waals surface area contributed by atoms with Crippen LogP contribution in [0, 0.1) is 5.92 Å². The Kier molecular flexibility index (Phi) is 2.63.